The normalized spacial score (nSPS) is 22.3. The van der Waals surface area contributed by atoms with Gasteiger partial charge in [0, 0.05) is 122 Å². The van der Waals surface area contributed by atoms with E-state index in [2.05, 4.69) is 65.6 Å². The van der Waals surface area contributed by atoms with Gasteiger partial charge in [0.15, 0.2) is 5.82 Å². The maximum absolute atomic E-state index is 15.8. The van der Waals surface area contributed by atoms with Crippen LogP contribution in [0.4, 0.5) is 30.2 Å². The number of halogens is 3. The Kier molecular flexibility index (Phi) is 11.1. The van der Waals surface area contributed by atoms with Crippen molar-refractivity contribution in [2.45, 2.75) is 57.3 Å². The van der Waals surface area contributed by atoms with E-state index in [-0.39, 0.29) is 42.3 Å². The molecule has 3 N–H and O–H groups in total. The summed E-state index contributed by atoms with van der Waals surface area (Å²) in [6.45, 7) is 11.0. The first kappa shape index (κ1) is 44.3. The Bertz CT molecular complexity index is 2990. The summed E-state index contributed by atoms with van der Waals surface area (Å²) in [7, 11) is -4.35. The number of likely N-dealkylation sites (tertiary alicyclic amines) is 1. The van der Waals surface area contributed by atoms with E-state index in [1.807, 2.05) is 18.2 Å². The Labute approximate surface area is 392 Å². The van der Waals surface area contributed by atoms with Gasteiger partial charge in [0.25, 0.3) is 5.91 Å². The number of amides is 2. The van der Waals surface area contributed by atoms with Gasteiger partial charge in [-0.1, -0.05) is 18.7 Å². The van der Waals surface area contributed by atoms with E-state index in [4.69, 9.17) is 0 Å². The minimum absolute atomic E-state index is 0.00814. The fourth-order valence-electron chi connectivity index (χ4n) is 11.3. The first-order valence-electron chi connectivity index (χ1n) is 23.4. The predicted molar refractivity (Wildman–Crippen MR) is 252 cm³/mol. The van der Waals surface area contributed by atoms with Crippen molar-refractivity contribution in [2.24, 2.45) is 11.3 Å². The summed E-state index contributed by atoms with van der Waals surface area (Å²) in [6.07, 6.45) is 6.27. The van der Waals surface area contributed by atoms with Crippen molar-refractivity contribution in [1.29, 1.82) is 0 Å². The maximum atomic E-state index is 15.8. The monoisotopic (exact) mass is 947 g/mol. The molecule has 11 rings (SSSR count). The molecule has 5 fully saturated rings. The molecule has 2 atom stereocenters. The van der Waals surface area contributed by atoms with Gasteiger partial charge in [0.2, 0.25) is 11.7 Å². The number of aromatic nitrogens is 2. The van der Waals surface area contributed by atoms with Gasteiger partial charge in [-0.05, 0) is 104 Å². The molecule has 68 heavy (non-hydrogen) atoms. The Balaban J connectivity index is 0.677. The third-order valence-electron chi connectivity index (χ3n) is 15.0. The highest BCUT2D eigenvalue weighted by molar-refractivity contribution is 7.90. The lowest BCUT2D eigenvalue weighted by atomic mass is 9.78. The van der Waals surface area contributed by atoms with Crippen molar-refractivity contribution in [1.82, 2.24) is 29.4 Å². The number of anilines is 3. The zero-order valence-corrected chi connectivity index (χ0v) is 38.3. The van der Waals surface area contributed by atoms with Crippen LogP contribution in [-0.4, -0.2) is 121 Å². The second kappa shape index (κ2) is 17.1. The van der Waals surface area contributed by atoms with Gasteiger partial charge in [-0.25, -0.2) is 18.2 Å². The predicted octanol–water partition coefficient (Wildman–Crippen LogP) is 6.62. The minimum atomic E-state index is -4.35. The Hall–Kier alpha value is -6.24. The fraction of sp³-hybridized carbons (Fsp3) is 0.400. The Morgan fingerprint density at radius 2 is 1.68 bits per heavy atom. The van der Waals surface area contributed by atoms with Gasteiger partial charge in [-0.2, -0.15) is 12.7 Å². The van der Waals surface area contributed by atoms with Crippen molar-refractivity contribution in [3.05, 3.63) is 119 Å². The van der Waals surface area contributed by atoms with Gasteiger partial charge >= 0.3 is 10.2 Å². The van der Waals surface area contributed by atoms with Crippen LogP contribution in [0.5, 0.6) is 0 Å². The van der Waals surface area contributed by atoms with E-state index in [1.54, 1.807) is 17.2 Å². The van der Waals surface area contributed by atoms with Crippen molar-refractivity contribution >= 4 is 55.9 Å². The largest absolute Gasteiger partial charge is 0.372 e. The number of carbonyl (C=O) groups excluding carboxylic acids is 3. The van der Waals surface area contributed by atoms with Gasteiger partial charge < -0.3 is 29.9 Å². The van der Waals surface area contributed by atoms with Crippen LogP contribution in [0.15, 0.2) is 85.3 Å². The molecule has 6 aliphatic rings. The summed E-state index contributed by atoms with van der Waals surface area (Å²) >= 11 is 0. The number of benzene rings is 3. The number of hydrogen-bond donors (Lipinski definition) is 3. The Morgan fingerprint density at radius 3 is 2.43 bits per heavy atom. The average molecular weight is 948 g/mol. The van der Waals surface area contributed by atoms with Crippen molar-refractivity contribution in [2.75, 3.05) is 73.4 Å². The molecule has 8 heterocycles. The number of fused-ring (bicyclic) bond motifs is 2. The lowest BCUT2D eigenvalue weighted by Gasteiger charge is -2.50. The van der Waals surface area contributed by atoms with Crippen molar-refractivity contribution in [3.8, 4) is 11.1 Å². The summed E-state index contributed by atoms with van der Waals surface area (Å²) < 4.78 is 73.2. The number of alkyl halides is 1. The van der Waals surface area contributed by atoms with E-state index < -0.39 is 51.1 Å². The van der Waals surface area contributed by atoms with Gasteiger partial charge in [0.05, 0.1) is 11.3 Å². The third-order valence-corrected chi connectivity index (χ3v) is 16.5. The molecule has 2 amide bonds. The summed E-state index contributed by atoms with van der Waals surface area (Å²) in [4.78, 5) is 56.3. The molecule has 6 aliphatic heterocycles. The molecule has 0 aliphatic carbocycles. The molecule has 0 radical (unpaired) electrons. The molecular formula is C50H52F3N9O5S. The SMILES string of the molecule is C=C1CCC(N2Cc3cc(N4CCC5(CN(CC6CCN(c7ccc(-c8cnc9[nH]cc(C(=O)c%10c(F)ccc(NS(=O)(=O)N%11CC[C@@H](F)C%11)c%10F)c9c8)cc7)CC6)C5)C4)ccc3C2=O)C(=O)N1. The topological polar surface area (TPSA) is 154 Å². The molecule has 0 bridgehead atoms. The summed E-state index contributed by atoms with van der Waals surface area (Å²) in [5, 5.41) is 3.16. The number of nitrogens with one attached hydrogen (secondary N) is 3. The van der Waals surface area contributed by atoms with Crippen LogP contribution in [0.25, 0.3) is 22.2 Å². The number of pyridine rings is 1. The molecule has 1 spiro atoms. The van der Waals surface area contributed by atoms with Crippen LogP contribution in [0.3, 0.4) is 0 Å². The van der Waals surface area contributed by atoms with Gasteiger partial charge in [0.1, 0.15) is 23.7 Å². The summed E-state index contributed by atoms with van der Waals surface area (Å²) in [5.41, 5.74) is 5.23. The number of carbonyl (C=O) groups is 3. The minimum Gasteiger partial charge on any atom is -0.372 e. The second-order valence-corrected chi connectivity index (χ2v) is 21.2. The number of aromatic amines is 1. The molecule has 18 heteroatoms. The molecule has 14 nitrogen and oxygen atoms in total. The van der Waals surface area contributed by atoms with Crippen LogP contribution in [0, 0.1) is 23.0 Å². The van der Waals surface area contributed by atoms with E-state index in [1.165, 1.54) is 6.20 Å². The van der Waals surface area contributed by atoms with Crippen LogP contribution in [-0.2, 0) is 21.5 Å². The third kappa shape index (κ3) is 8.08. The number of rotatable bonds is 11. The standard InChI is InChI=1S/C50H52F3N9O5S/c1-30-2-11-43(48(64)56-30)62-25-34-20-37(7-8-38(34)49(62)65)60-19-15-50(29-60)27-58(28-50)24-31-12-16-59(17-13-31)36-5-3-32(4-6-36)33-21-39-40(23-55-47(39)54-22-33)46(63)44-41(52)9-10-42(45(44)53)57-68(66,67)61-18-14-35(51)26-61/h3-10,20-23,31,35,43,57H,1-2,11-19,24-29H2,(H,54,55)(H,56,64)/t35-,43?/m1/s1. The number of allylic oxidation sites excluding steroid dienone is 1. The van der Waals surface area contributed by atoms with Crippen LogP contribution in [0.2, 0.25) is 0 Å². The molecule has 3 aromatic carbocycles. The van der Waals surface area contributed by atoms with E-state index in [9.17, 15) is 27.2 Å². The number of H-pyrrole nitrogens is 1. The molecular weight excluding hydrogens is 896 g/mol. The average Bonchev–Trinajstić information content (AvgIpc) is 4.13. The smallest absolute Gasteiger partial charge is 0.301 e. The summed E-state index contributed by atoms with van der Waals surface area (Å²) in [5.74, 6) is -3.13. The Morgan fingerprint density at radius 1 is 0.897 bits per heavy atom. The number of ketones is 1. The number of piperidine rings is 2. The molecule has 2 aromatic heterocycles. The zero-order valence-electron chi connectivity index (χ0n) is 37.4. The van der Waals surface area contributed by atoms with Crippen LogP contribution >= 0.6 is 0 Å². The van der Waals surface area contributed by atoms with Crippen LogP contribution in [0.1, 0.15) is 70.4 Å². The lowest BCUT2D eigenvalue weighted by molar-refractivity contribution is -0.126. The molecule has 354 valence electrons. The van der Waals surface area contributed by atoms with Crippen molar-refractivity contribution < 1.29 is 36.0 Å². The fourth-order valence-corrected chi connectivity index (χ4v) is 12.6. The lowest BCUT2D eigenvalue weighted by Crippen LogP contribution is -2.59. The van der Waals surface area contributed by atoms with Gasteiger partial charge in [-0.3, -0.25) is 19.1 Å². The van der Waals surface area contributed by atoms with E-state index >= 15 is 8.78 Å². The number of nitrogens with zero attached hydrogens (tertiary/aromatic N) is 6. The van der Waals surface area contributed by atoms with Gasteiger partial charge in [-0.15, -0.1) is 0 Å². The highest BCUT2D eigenvalue weighted by atomic mass is 32.2. The van der Waals surface area contributed by atoms with Crippen molar-refractivity contribution in [3.63, 3.8) is 0 Å². The quantitative estimate of drug-likeness (QED) is 0.124. The van der Waals surface area contributed by atoms with Crippen LogP contribution < -0.4 is 19.8 Å². The highest BCUT2D eigenvalue weighted by Gasteiger charge is 2.48. The molecule has 0 saturated carbocycles. The highest BCUT2D eigenvalue weighted by Crippen LogP contribution is 2.43. The zero-order chi connectivity index (χ0) is 47.1. The molecule has 5 saturated heterocycles. The maximum Gasteiger partial charge on any atom is 0.301 e. The molecule has 5 aromatic rings. The summed E-state index contributed by atoms with van der Waals surface area (Å²) in [6, 6.07) is 17.3. The van der Waals surface area contributed by atoms with E-state index in [0.29, 0.717) is 53.2 Å². The number of hydrogen-bond acceptors (Lipinski definition) is 9. The second-order valence-electron chi connectivity index (χ2n) is 19.5. The first-order valence-corrected chi connectivity index (χ1v) is 24.8. The van der Waals surface area contributed by atoms with E-state index in [0.717, 1.165) is 104 Å². The molecule has 1 unspecified atom stereocenters. The first-order chi connectivity index (χ1) is 32.7.